The predicted octanol–water partition coefficient (Wildman–Crippen LogP) is 5.23. The van der Waals surface area contributed by atoms with Gasteiger partial charge in [-0.05, 0) is 45.1 Å². The van der Waals surface area contributed by atoms with Gasteiger partial charge in [0.25, 0.3) is 0 Å². The molecule has 1 fully saturated rings. The van der Waals surface area contributed by atoms with E-state index in [-0.39, 0.29) is 5.41 Å². The SMILES string of the molecule is Cc1nc(C(C)(C)C)sc1C(C)NCC1CCCC(C)C1. The minimum Gasteiger partial charge on any atom is -0.309 e. The van der Waals surface area contributed by atoms with Crippen molar-refractivity contribution in [1.29, 1.82) is 0 Å². The second kappa shape index (κ2) is 6.78. The smallest absolute Gasteiger partial charge is 0.0985 e. The standard InChI is InChI=1S/C18H32N2S/c1-12-8-7-9-15(10-12)11-19-13(2)16-14(3)20-17(21-16)18(4,5)6/h12-13,15,19H,7-11H2,1-6H3. The van der Waals surface area contributed by atoms with E-state index in [0.717, 1.165) is 18.4 Å². The van der Waals surface area contributed by atoms with E-state index in [0.29, 0.717) is 6.04 Å². The van der Waals surface area contributed by atoms with Crippen LogP contribution in [0.4, 0.5) is 0 Å². The van der Waals surface area contributed by atoms with Crippen LogP contribution in [-0.2, 0) is 5.41 Å². The number of aryl methyl sites for hydroxylation is 1. The topological polar surface area (TPSA) is 24.9 Å². The van der Waals surface area contributed by atoms with Crippen molar-refractivity contribution in [2.24, 2.45) is 11.8 Å². The van der Waals surface area contributed by atoms with Gasteiger partial charge in [-0.3, -0.25) is 0 Å². The Labute approximate surface area is 134 Å². The molecule has 3 heteroatoms. The Balaban J connectivity index is 1.94. The van der Waals surface area contributed by atoms with Crippen molar-refractivity contribution in [2.75, 3.05) is 6.54 Å². The second-order valence-electron chi connectivity index (χ2n) is 7.99. The monoisotopic (exact) mass is 308 g/mol. The number of rotatable bonds is 4. The molecule has 0 aromatic carbocycles. The predicted molar refractivity (Wildman–Crippen MR) is 93.1 cm³/mol. The minimum absolute atomic E-state index is 0.159. The van der Waals surface area contributed by atoms with E-state index in [9.17, 15) is 0 Å². The molecule has 1 aliphatic carbocycles. The summed E-state index contributed by atoms with van der Waals surface area (Å²) in [6, 6.07) is 0.427. The maximum atomic E-state index is 4.79. The highest BCUT2D eigenvalue weighted by Crippen LogP contribution is 2.33. The molecule has 2 rings (SSSR count). The maximum Gasteiger partial charge on any atom is 0.0985 e. The van der Waals surface area contributed by atoms with Crippen LogP contribution in [0.15, 0.2) is 0 Å². The molecule has 0 amide bonds. The first-order valence-electron chi connectivity index (χ1n) is 8.48. The lowest BCUT2D eigenvalue weighted by atomic mass is 9.82. The lowest BCUT2D eigenvalue weighted by Gasteiger charge is -2.28. The van der Waals surface area contributed by atoms with Crippen LogP contribution in [0.1, 0.15) is 81.9 Å². The normalized spacial score (nSPS) is 25.0. The van der Waals surface area contributed by atoms with Crippen LogP contribution in [0.2, 0.25) is 0 Å². The van der Waals surface area contributed by atoms with Crippen molar-refractivity contribution in [2.45, 2.75) is 78.7 Å². The van der Waals surface area contributed by atoms with Crippen molar-refractivity contribution in [3.8, 4) is 0 Å². The van der Waals surface area contributed by atoms with Crippen LogP contribution in [0.25, 0.3) is 0 Å². The highest BCUT2D eigenvalue weighted by molar-refractivity contribution is 7.12. The Hall–Kier alpha value is -0.410. The summed E-state index contributed by atoms with van der Waals surface area (Å²) in [5, 5.41) is 5.02. The molecule has 1 aliphatic rings. The van der Waals surface area contributed by atoms with Crippen LogP contribution in [0.5, 0.6) is 0 Å². The van der Waals surface area contributed by atoms with E-state index in [4.69, 9.17) is 4.98 Å². The Morgan fingerprint density at radius 1 is 1.33 bits per heavy atom. The maximum absolute atomic E-state index is 4.79. The van der Waals surface area contributed by atoms with Crippen molar-refractivity contribution in [1.82, 2.24) is 10.3 Å². The summed E-state index contributed by atoms with van der Waals surface area (Å²) in [5.74, 6) is 1.78. The number of thiazole rings is 1. The van der Waals surface area contributed by atoms with Crippen LogP contribution in [0, 0.1) is 18.8 Å². The molecular formula is C18H32N2S. The molecule has 3 atom stereocenters. The molecule has 0 aliphatic heterocycles. The van der Waals surface area contributed by atoms with Gasteiger partial charge >= 0.3 is 0 Å². The Bertz CT molecular complexity index is 458. The van der Waals surface area contributed by atoms with E-state index >= 15 is 0 Å². The Kier molecular flexibility index (Phi) is 5.48. The zero-order valence-corrected chi connectivity index (χ0v) is 15.4. The summed E-state index contributed by atoms with van der Waals surface area (Å²) < 4.78 is 0. The van der Waals surface area contributed by atoms with Gasteiger partial charge in [-0.15, -0.1) is 11.3 Å². The highest BCUT2D eigenvalue weighted by Gasteiger charge is 2.23. The molecule has 2 nitrogen and oxygen atoms in total. The lowest BCUT2D eigenvalue weighted by Crippen LogP contribution is -2.28. The van der Waals surface area contributed by atoms with Gasteiger partial charge in [0.1, 0.15) is 0 Å². The summed E-state index contributed by atoms with van der Waals surface area (Å²) in [4.78, 5) is 6.21. The zero-order valence-electron chi connectivity index (χ0n) is 14.6. The zero-order chi connectivity index (χ0) is 15.6. The molecule has 1 saturated carbocycles. The van der Waals surface area contributed by atoms with Gasteiger partial charge in [0, 0.05) is 16.3 Å². The molecule has 1 aromatic heterocycles. The van der Waals surface area contributed by atoms with Crippen LogP contribution >= 0.6 is 11.3 Å². The molecule has 0 spiro atoms. The molecule has 120 valence electrons. The molecule has 3 unspecified atom stereocenters. The van der Waals surface area contributed by atoms with Crippen LogP contribution < -0.4 is 5.32 Å². The molecular weight excluding hydrogens is 276 g/mol. The second-order valence-corrected chi connectivity index (χ2v) is 9.02. The molecule has 1 heterocycles. The molecule has 1 N–H and O–H groups in total. The first kappa shape index (κ1) is 17.0. The van der Waals surface area contributed by atoms with Crippen molar-refractivity contribution in [3.63, 3.8) is 0 Å². The third-order valence-electron chi connectivity index (χ3n) is 4.63. The summed E-state index contributed by atoms with van der Waals surface area (Å²) in [5.41, 5.74) is 1.37. The van der Waals surface area contributed by atoms with Crippen molar-refractivity contribution >= 4 is 11.3 Å². The van der Waals surface area contributed by atoms with E-state index in [1.54, 1.807) is 0 Å². The van der Waals surface area contributed by atoms with Crippen molar-refractivity contribution < 1.29 is 0 Å². The summed E-state index contributed by atoms with van der Waals surface area (Å²) >= 11 is 1.89. The molecule has 0 radical (unpaired) electrons. The van der Waals surface area contributed by atoms with Gasteiger partial charge in [0.15, 0.2) is 0 Å². The average Bonchev–Trinajstić information content (AvgIpc) is 2.78. The van der Waals surface area contributed by atoms with Gasteiger partial charge in [-0.1, -0.05) is 40.5 Å². The molecule has 0 saturated heterocycles. The van der Waals surface area contributed by atoms with Gasteiger partial charge in [-0.2, -0.15) is 0 Å². The number of aromatic nitrogens is 1. The Morgan fingerprint density at radius 3 is 2.62 bits per heavy atom. The lowest BCUT2D eigenvalue weighted by molar-refractivity contribution is 0.269. The third-order valence-corrected chi connectivity index (χ3v) is 6.39. The van der Waals surface area contributed by atoms with Gasteiger partial charge in [0.2, 0.25) is 0 Å². The number of hydrogen-bond acceptors (Lipinski definition) is 3. The van der Waals surface area contributed by atoms with Gasteiger partial charge in [0.05, 0.1) is 10.7 Å². The minimum atomic E-state index is 0.159. The molecule has 1 aromatic rings. The largest absolute Gasteiger partial charge is 0.309 e. The summed E-state index contributed by atoms with van der Waals surface area (Å²) in [6.07, 6.45) is 5.64. The van der Waals surface area contributed by atoms with E-state index < -0.39 is 0 Å². The number of hydrogen-bond donors (Lipinski definition) is 1. The first-order chi connectivity index (χ1) is 9.77. The Morgan fingerprint density at radius 2 is 2.05 bits per heavy atom. The van der Waals surface area contributed by atoms with E-state index in [1.165, 1.54) is 41.3 Å². The van der Waals surface area contributed by atoms with Crippen molar-refractivity contribution in [3.05, 3.63) is 15.6 Å². The quantitative estimate of drug-likeness (QED) is 0.824. The fraction of sp³-hybridized carbons (Fsp3) is 0.833. The van der Waals surface area contributed by atoms with E-state index in [1.807, 2.05) is 11.3 Å². The van der Waals surface area contributed by atoms with Crippen LogP contribution in [-0.4, -0.2) is 11.5 Å². The fourth-order valence-electron chi connectivity index (χ4n) is 3.31. The first-order valence-corrected chi connectivity index (χ1v) is 9.30. The van der Waals surface area contributed by atoms with Gasteiger partial charge in [-0.25, -0.2) is 4.98 Å². The van der Waals surface area contributed by atoms with Gasteiger partial charge < -0.3 is 5.32 Å². The summed E-state index contributed by atoms with van der Waals surface area (Å²) in [7, 11) is 0. The molecule has 0 bridgehead atoms. The number of nitrogens with zero attached hydrogens (tertiary/aromatic N) is 1. The third kappa shape index (κ3) is 4.53. The summed E-state index contributed by atoms with van der Waals surface area (Å²) in [6.45, 7) is 14.7. The van der Waals surface area contributed by atoms with E-state index in [2.05, 4.69) is 46.9 Å². The highest BCUT2D eigenvalue weighted by atomic mass is 32.1. The number of nitrogens with one attached hydrogen (secondary N) is 1. The molecule has 21 heavy (non-hydrogen) atoms. The average molecular weight is 309 g/mol. The van der Waals surface area contributed by atoms with Crippen LogP contribution in [0.3, 0.4) is 0 Å². The fourth-order valence-corrected chi connectivity index (χ4v) is 4.46.